The van der Waals surface area contributed by atoms with Crippen LogP contribution in [-0.2, 0) is 20.7 Å². The summed E-state index contributed by atoms with van der Waals surface area (Å²) < 4.78 is 10.4. The number of amides is 1. The number of nitrogens with zero attached hydrogens (tertiary/aromatic N) is 1. The Morgan fingerprint density at radius 2 is 1.83 bits per heavy atom. The van der Waals surface area contributed by atoms with E-state index in [0.717, 1.165) is 17.5 Å². The zero-order valence-corrected chi connectivity index (χ0v) is 17.9. The van der Waals surface area contributed by atoms with Crippen LogP contribution in [0.3, 0.4) is 0 Å². The van der Waals surface area contributed by atoms with Crippen LogP contribution in [0.4, 0.5) is 0 Å². The van der Waals surface area contributed by atoms with Crippen LogP contribution < -0.4 is 4.74 Å². The van der Waals surface area contributed by atoms with Gasteiger partial charge in [-0.05, 0) is 35.7 Å². The lowest BCUT2D eigenvalue weighted by atomic mass is 9.94. The number of methoxy groups -OCH3 is 2. The van der Waals surface area contributed by atoms with Crippen molar-refractivity contribution in [1.29, 1.82) is 0 Å². The Labute approximate surface area is 180 Å². The van der Waals surface area contributed by atoms with Crippen molar-refractivity contribution in [3.63, 3.8) is 0 Å². The average Bonchev–Trinajstić information content (AvgIpc) is 3.01. The first-order chi connectivity index (χ1) is 14.4. The third-order valence-corrected chi connectivity index (χ3v) is 5.43. The summed E-state index contributed by atoms with van der Waals surface area (Å²) in [5, 5.41) is 11.5. The van der Waals surface area contributed by atoms with Gasteiger partial charge in [-0.15, -0.1) is 0 Å². The summed E-state index contributed by atoms with van der Waals surface area (Å²) >= 11 is 6.11. The smallest absolute Gasteiger partial charge is 0.295 e. The summed E-state index contributed by atoms with van der Waals surface area (Å²) in [5.41, 5.74) is 2.11. The molecule has 0 aromatic heterocycles. The van der Waals surface area contributed by atoms with E-state index in [-0.39, 0.29) is 30.0 Å². The molecule has 0 spiro atoms. The Morgan fingerprint density at radius 1 is 1.13 bits per heavy atom. The van der Waals surface area contributed by atoms with Gasteiger partial charge in [-0.3, -0.25) is 9.59 Å². The maximum atomic E-state index is 13.0. The second-order valence-electron chi connectivity index (χ2n) is 6.93. The number of ketones is 1. The first-order valence-electron chi connectivity index (χ1n) is 9.63. The summed E-state index contributed by atoms with van der Waals surface area (Å²) in [6.07, 6.45) is 0.865. The maximum absolute atomic E-state index is 13.0. The zero-order valence-electron chi connectivity index (χ0n) is 17.1. The molecule has 1 heterocycles. The minimum absolute atomic E-state index is 0.000850. The molecule has 7 heteroatoms. The predicted octanol–water partition coefficient (Wildman–Crippen LogP) is 3.98. The molecule has 1 fully saturated rings. The fraction of sp³-hybridized carbons (Fsp3) is 0.304. The quantitative estimate of drug-likeness (QED) is 0.409. The highest BCUT2D eigenvalue weighted by Crippen LogP contribution is 2.41. The fourth-order valence-electron chi connectivity index (χ4n) is 3.59. The van der Waals surface area contributed by atoms with Gasteiger partial charge in [0, 0.05) is 18.7 Å². The normalized spacial score (nSPS) is 18.1. The van der Waals surface area contributed by atoms with Crippen molar-refractivity contribution < 1.29 is 24.2 Å². The minimum atomic E-state index is -0.754. The number of aliphatic hydroxyl groups is 1. The molecule has 0 bridgehead atoms. The largest absolute Gasteiger partial charge is 0.507 e. The lowest BCUT2D eigenvalue weighted by Crippen LogP contribution is -2.32. The SMILES string of the molecule is CCc1ccc(C2/C(=C(\O)c3cc(Cl)ccc3OC)C(=O)C(=O)N2CCOC)cc1. The van der Waals surface area contributed by atoms with E-state index in [4.69, 9.17) is 21.1 Å². The number of ether oxygens (including phenoxy) is 2. The van der Waals surface area contributed by atoms with Crippen molar-refractivity contribution in [2.75, 3.05) is 27.4 Å². The van der Waals surface area contributed by atoms with Crippen LogP contribution in [0.15, 0.2) is 48.0 Å². The summed E-state index contributed by atoms with van der Waals surface area (Å²) in [6, 6.07) is 11.6. The number of hydrogen-bond donors (Lipinski definition) is 1. The fourth-order valence-corrected chi connectivity index (χ4v) is 3.76. The molecule has 158 valence electrons. The van der Waals surface area contributed by atoms with E-state index in [9.17, 15) is 14.7 Å². The van der Waals surface area contributed by atoms with Gasteiger partial charge in [0.2, 0.25) is 0 Å². The monoisotopic (exact) mass is 429 g/mol. The van der Waals surface area contributed by atoms with Crippen molar-refractivity contribution in [3.8, 4) is 5.75 Å². The van der Waals surface area contributed by atoms with Gasteiger partial charge in [0.25, 0.3) is 11.7 Å². The van der Waals surface area contributed by atoms with Gasteiger partial charge in [0.1, 0.15) is 11.5 Å². The van der Waals surface area contributed by atoms with E-state index in [1.807, 2.05) is 31.2 Å². The van der Waals surface area contributed by atoms with Crippen LogP contribution >= 0.6 is 11.6 Å². The molecule has 30 heavy (non-hydrogen) atoms. The second-order valence-corrected chi connectivity index (χ2v) is 7.36. The first kappa shape index (κ1) is 21.9. The van der Waals surface area contributed by atoms with E-state index in [0.29, 0.717) is 10.8 Å². The van der Waals surface area contributed by atoms with Gasteiger partial charge >= 0.3 is 0 Å². The molecule has 1 N–H and O–H groups in total. The molecule has 1 atom stereocenters. The van der Waals surface area contributed by atoms with Crippen LogP contribution in [0.5, 0.6) is 5.75 Å². The van der Waals surface area contributed by atoms with Crippen molar-refractivity contribution in [1.82, 2.24) is 4.90 Å². The first-order valence-corrected chi connectivity index (χ1v) is 10.0. The van der Waals surface area contributed by atoms with Crippen molar-refractivity contribution in [3.05, 3.63) is 69.8 Å². The molecule has 1 saturated heterocycles. The zero-order chi connectivity index (χ0) is 21.8. The molecule has 3 rings (SSSR count). The number of hydrogen-bond acceptors (Lipinski definition) is 5. The molecule has 2 aromatic carbocycles. The van der Waals surface area contributed by atoms with E-state index < -0.39 is 17.7 Å². The van der Waals surface area contributed by atoms with Gasteiger partial charge in [-0.1, -0.05) is 42.8 Å². The van der Waals surface area contributed by atoms with E-state index >= 15 is 0 Å². The molecule has 1 amide bonds. The van der Waals surface area contributed by atoms with Crippen LogP contribution in [0.1, 0.15) is 29.7 Å². The number of carbonyl (C=O) groups is 2. The number of benzene rings is 2. The third kappa shape index (κ3) is 4.06. The standard InChI is InChI=1S/C23H24ClNO5/c1-4-14-5-7-15(8-6-14)20-19(22(27)23(28)25(20)11-12-29-2)21(26)17-13-16(24)9-10-18(17)30-3/h5-10,13,20,26H,4,11-12H2,1-3H3/b21-19+. The number of Topliss-reactive ketones (excluding diaryl/α,β-unsaturated/α-hetero) is 1. The highest BCUT2D eigenvalue weighted by Gasteiger charge is 2.46. The maximum Gasteiger partial charge on any atom is 0.295 e. The highest BCUT2D eigenvalue weighted by atomic mass is 35.5. The minimum Gasteiger partial charge on any atom is -0.507 e. The number of likely N-dealkylation sites (tertiary alicyclic amines) is 1. The van der Waals surface area contributed by atoms with E-state index in [1.165, 1.54) is 25.2 Å². The Hall–Kier alpha value is -2.83. The highest BCUT2D eigenvalue weighted by molar-refractivity contribution is 6.46. The van der Waals surface area contributed by atoms with Crippen molar-refractivity contribution in [2.45, 2.75) is 19.4 Å². The number of carbonyl (C=O) groups excluding carboxylic acids is 2. The van der Waals surface area contributed by atoms with Crippen molar-refractivity contribution in [2.24, 2.45) is 0 Å². The second kappa shape index (κ2) is 9.32. The lowest BCUT2D eigenvalue weighted by molar-refractivity contribution is -0.140. The molecular weight excluding hydrogens is 406 g/mol. The number of halogens is 1. The topological polar surface area (TPSA) is 76.1 Å². The molecule has 1 aliphatic heterocycles. The molecule has 0 radical (unpaired) electrons. The van der Waals surface area contributed by atoms with E-state index in [2.05, 4.69) is 0 Å². The summed E-state index contributed by atoms with van der Waals surface area (Å²) in [5.74, 6) is -1.41. The van der Waals surface area contributed by atoms with Gasteiger partial charge in [-0.25, -0.2) is 0 Å². The van der Waals surface area contributed by atoms with Gasteiger partial charge in [0.15, 0.2) is 0 Å². The molecule has 1 aliphatic rings. The lowest BCUT2D eigenvalue weighted by Gasteiger charge is -2.25. The summed E-state index contributed by atoms with van der Waals surface area (Å²) in [6.45, 7) is 2.52. The molecule has 2 aromatic rings. The Morgan fingerprint density at radius 3 is 2.43 bits per heavy atom. The average molecular weight is 430 g/mol. The predicted molar refractivity (Wildman–Crippen MR) is 115 cm³/mol. The molecule has 0 saturated carbocycles. The van der Waals surface area contributed by atoms with Gasteiger partial charge < -0.3 is 19.5 Å². The van der Waals surface area contributed by atoms with Gasteiger partial charge in [0.05, 0.1) is 30.9 Å². The van der Waals surface area contributed by atoms with E-state index in [1.54, 1.807) is 12.1 Å². The number of aliphatic hydroxyl groups excluding tert-OH is 1. The Kier molecular flexibility index (Phi) is 6.80. The number of aryl methyl sites for hydroxylation is 1. The molecular formula is C23H24ClNO5. The molecule has 0 aliphatic carbocycles. The van der Waals surface area contributed by atoms with Crippen LogP contribution in [0.2, 0.25) is 5.02 Å². The third-order valence-electron chi connectivity index (χ3n) is 5.20. The molecule has 1 unspecified atom stereocenters. The Balaban J connectivity index is 2.20. The summed E-state index contributed by atoms with van der Waals surface area (Å²) in [7, 11) is 2.98. The van der Waals surface area contributed by atoms with Crippen LogP contribution in [0, 0.1) is 0 Å². The number of rotatable bonds is 7. The Bertz CT molecular complexity index is 984. The summed E-state index contributed by atoms with van der Waals surface area (Å²) in [4.78, 5) is 27.2. The molecule has 6 nitrogen and oxygen atoms in total. The van der Waals surface area contributed by atoms with Gasteiger partial charge in [-0.2, -0.15) is 0 Å². The van der Waals surface area contributed by atoms with Crippen LogP contribution in [-0.4, -0.2) is 49.1 Å². The van der Waals surface area contributed by atoms with Crippen LogP contribution in [0.25, 0.3) is 5.76 Å². The van der Waals surface area contributed by atoms with Crippen molar-refractivity contribution >= 4 is 29.1 Å².